The minimum absolute atomic E-state index is 0.0212. The van der Waals surface area contributed by atoms with Gasteiger partial charge in [0.2, 0.25) is 0 Å². The van der Waals surface area contributed by atoms with Crippen LogP contribution in [-0.2, 0) is 20.8 Å². The largest absolute Gasteiger partial charge is 0.458 e. The average molecular weight is 430 g/mol. The Balaban J connectivity index is 0.000000196. The predicted octanol–water partition coefficient (Wildman–Crippen LogP) is 5.02. The van der Waals surface area contributed by atoms with E-state index in [0.717, 1.165) is 48.3 Å². The Morgan fingerprint density at radius 3 is 2.61 bits per heavy atom. The van der Waals surface area contributed by atoms with Crippen molar-refractivity contribution in [3.8, 4) is 0 Å². The van der Waals surface area contributed by atoms with Crippen molar-refractivity contribution in [2.24, 2.45) is 23.7 Å². The first kappa shape index (κ1) is 22.5. The van der Waals surface area contributed by atoms with E-state index in [1.165, 1.54) is 37.8 Å². The lowest BCUT2D eigenvalue weighted by Gasteiger charge is -2.49. The van der Waals surface area contributed by atoms with Crippen molar-refractivity contribution in [3.63, 3.8) is 0 Å². The minimum atomic E-state index is -0.181. The summed E-state index contributed by atoms with van der Waals surface area (Å²) in [5.74, 6) is 2.83. The molecule has 5 heteroatoms. The monoisotopic (exact) mass is 429 g/mol. The van der Waals surface area contributed by atoms with Gasteiger partial charge in [-0.05, 0) is 87.1 Å². The molecule has 0 spiro atoms. The first-order chi connectivity index (χ1) is 14.9. The van der Waals surface area contributed by atoms with E-state index < -0.39 is 0 Å². The van der Waals surface area contributed by atoms with Crippen LogP contribution in [0.1, 0.15) is 57.9 Å². The Morgan fingerprint density at radius 2 is 1.94 bits per heavy atom. The van der Waals surface area contributed by atoms with Gasteiger partial charge >= 0.3 is 5.97 Å². The fraction of sp³-hybridized carbons (Fsp3) is 0.654. The Bertz CT molecular complexity index is 807. The maximum Gasteiger partial charge on any atom is 0.336 e. The fourth-order valence-corrected chi connectivity index (χ4v) is 6.42. The third-order valence-electron chi connectivity index (χ3n) is 8.03. The molecule has 2 heterocycles. The van der Waals surface area contributed by atoms with Gasteiger partial charge in [0.1, 0.15) is 12.4 Å². The standard InChI is InChI=1S/C18H26O3.C8H10FN/c1-11-4-3-5-13-12(11)6-8-18(2)15(13)10-16(21-18)14-7-9-20-17(14)19;1-10-6-7-2-4-8(9)5-3-7/h7,11-13,15-16H,3-6,8-10H2,1-2H3;2-5,10H,6H2,1H3. The number of carbonyl (C=O) groups is 1. The number of hydrogen-bond acceptors (Lipinski definition) is 4. The molecule has 31 heavy (non-hydrogen) atoms. The van der Waals surface area contributed by atoms with Crippen molar-refractivity contribution in [1.29, 1.82) is 0 Å². The number of esters is 1. The van der Waals surface area contributed by atoms with Crippen LogP contribution in [0.4, 0.5) is 4.39 Å². The zero-order valence-corrected chi connectivity index (χ0v) is 19.0. The van der Waals surface area contributed by atoms with Crippen LogP contribution < -0.4 is 5.32 Å². The molecule has 0 amide bonds. The molecule has 170 valence electrons. The first-order valence-corrected chi connectivity index (χ1v) is 11.9. The topological polar surface area (TPSA) is 47.6 Å². The first-order valence-electron chi connectivity index (χ1n) is 11.9. The van der Waals surface area contributed by atoms with E-state index in [1.807, 2.05) is 13.1 Å². The molecule has 2 aliphatic heterocycles. The van der Waals surface area contributed by atoms with Crippen LogP contribution in [0.2, 0.25) is 0 Å². The SMILES string of the molecule is CC1CCCC2C1CCC1(C)OC(C3=CCOC3=O)CC21.CNCc1ccc(F)cc1. The summed E-state index contributed by atoms with van der Waals surface area (Å²) in [4.78, 5) is 11.8. The highest BCUT2D eigenvalue weighted by Gasteiger charge is 2.55. The number of nitrogens with one attached hydrogen (secondary N) is 1. The number of carbonyl (C=O) groups excluding carboxylic acids is 1. The smallest absolute Gasteiger partial charge is 0.336 e. The fourth-order valence-electron chi connectivity index (χ4n) is 6.42. The third-order valence-corrected chi connectivity index (χ3v) is 8.03. The zero-order chi connectivity index (χ0) is 22.0. The predicted molar refractivity (Wildman–Crippen MR) is 119 cm³/mol. The second-order valence-corrected chi connectivity index (χ2v) is 9.95. The van der Waals surface area contributed by atoms with Crippen LogP contribution in [0.5, 0.6) is 0 Å². The van der Waals surface area contributed by atoms with Crippen LogP contribution in [0.25, 0.3) is 0 Å². The van der Waals surface area contributed by atoms with Crippen molar-refractivity contribution >= 4 is 5.97 Å². The van der Waals surface area contributed by atoms with E-state index >= 15 is 0 Å². The van der Waals surface area contributed by atoms with Gasteiger partial charge in [-0.15, -0.1) is 0 Å². The van der Waals surface area contributed by atoms with Crippen molar-refractivity contribution in [2.75, 3.05) is 13.7 Å². The molecule has 2 aliphatic carbocycles. The van der Waals surface area contributed by atoms with E-state index in [9.17, 15) is 9.18 Å². The summed E-state index contributed by atoms with van der Waals surface area (Å²) in [6.45, 7) is 5.94. The average Bonchev–Trinajstić information content (AvgIpc) is 3.33. The summed E-state index contributed by atoms with van der Waals surface area (Å²) >= 11 is 0. The normalized spacial score (nSPS) is 36.6. The Hall–Kier alpha value is -1.72. The Kier molecular flexibility index (Phi) is 6.83. The summed E-state index contributed by atoms with van der Waals surface area (Å²) < 4.78 is 23.8. The number of hydrogen-bond donors (Lipinski definition) is 1. The third kappa shape index (κ3) is 4.73. The molecule has 1 aromatic rings. The highest BCUT2D eigenvalue weighted by molar-refractivity contribution is 5.91. The van der Waals surface area contributed by atoms with Gasteiger partial charge in [0.15, 0.2) is 0 Å². The van der Waals surface area contributed by atoms with Gasteiger partial charge in [0, 0.05) is 6.54 Å². The highest BCUT2D eigenvalue weighted by Crippen LogP contribution is 2.56. The number of ether oxygens (including phenoxy) is 2. The molecule has 1 aromatic carbocycles. The van der Waals surface area contributed by atoms with Gasteiger partial charge in [-0.3, -0.25) is 0 Å². The lowest BCUT2D eigenvalue weighted by atomic mass is 9.57. The van der Waals surface area contributed by atoms with Gasteiger partial charge in [0.05, 0.1) is 17.3 Å². The number of cyclic esters (lactones) is 1. The molecule has 2 saturated carbocycles. The summed E-state index contributed by atoms with van der Waals surface area (Å²) in [5.41, 5.74) is 1.86. The summed E-state index contributed by atoms with van der Waals surface area (Å²) in [7, 11) is 1.86. The molecule has 0 radical (unpaired) electrons. The van der Waals surface area contributed by atoms with Crippen molar-refractivity contribution in [1.82, 2.24) is 5.32 Å². The van der Waals surface area contributed by atoms with E-state index in [2.05, 4.69) is 19.2 Å². The molecule has 0 aromatic heterocycles. The molecule has 1 saturated heterocycles. The molecule has 0 bridgehead atoms. The molecule has 6 atom stereocenters. The van der Waals surface area contributed by atoms with Crippen LogP contribution in [0.3, 0.4) is 0 Å². The van der Waals surface area contributed by atoms with E-state index in [4.69, 9.17) is 9.47 Å². The summed E-state index contributed by atoms with van der Waals surface area (Å²) in [6, 6.07) is 6.47. The Labute approximate surface area is 185 Å². The van der Waals surface area contributed by atoms with Crippen LogP contribution in [0, 0.1) is 29.5 Å². The number of halogens is 1. The van der Waals surface area contributed by atoms with Gasteiger partial charge in [-0.1, -0.05) is 31.9 Å². The Morgan fingerprint density at radius 1 is 1.16 bits per heavy atom. The molecule has 4 aliphatic rings. The van der Waals surface area contributed by atoms with Gasteiger partial charge in [0.25, 0.3) is 0 Å². The highest BCUT2D eigenvalue weighted by atomic mass is 19.1. The molecule has 1 N–H and O–H groups in total. The van der Waals surface area contributed by atoms with Crippen LogP contribution >= 0.6 is 0 Å². The number of rotatable bonds is 3. The van der Waals surface area contributed by atoms with Crippen LogP contribution in [0.15, 0.2) is 35.9 Å². The number of fused-ring (bicyclic) bond motifs is 3. The minimum Gasteiger partial charge on any atom is -0.458 e. The van der Waals surface area contributed by atoms with Gasteiger partial charge < -0.3 is 14.8 Å². The van der Waals surface area contributed by atoms with Gasteiger partial charge in [-0.2, -0.15) is 0 Å². The molecule has 3 fully saturated rings. The van der Waals surface area contributed by atoms with E-state index in [1.54, 1.807) is 12.1 Å². The van der Waals surface area contributed by atoms with Gasteiger partial charge in [-0.25, -0.2) is 9.18 Å². The summed E-state index contributed by atoms with van der Waals surface area (Å²) in [6.07, 6.45) is 9.49. The van der Waals surface area contributed by atoms with E-state index in [0.29, 0.717) is 12.5 Å². The molecular formula is C26H36FNO3. The molecule has 4 nitrogen and oxygen atoms in total. The maximum atomic E-state index is 12.3. The lowest BCUT2D eigenvalue weighted by Crippen LogP contribution is -2.47. The van der Waals surface area contributed by atoms with Crippen molar-refractivity contribution < 1.29 is 18.7 Å². The second kappa shape index (κ2) is 9.41. The molecular weight excluding hydrogens is 393 g/mol. The van der Waals surface area contributed by atoms with Crippen molar-refractivity contribution in [3.05, 3.63) is 47.3 Å². The zero-order valence-electron chi connectivity index (χ0n) is 19.0. The second-order valence-electron chi connectivity index (χ2n) is 9.95. The van der Waals surface area contributed by atoms with Crippen LogP contribution in [-0.4, -0.2) is 31.3 Å². The number of benzene rings is 1. The summed E-state index contributed by atoms with van der Waals surface area (Å²) in [5, 5.41) is 2.98. The lowest BCUT2D eigenvalue weighted by molar-refractivity contribution is -0.138. The quantitative estimate of drug-likeness (QED) is 0.685. The molecule has 6 unspecified atom stereocenters. The van der Waals surface area contributed by atoms with E-state index in [-0.39, 0.29) is 23.5 Å². The molecule has 5 rings (SSSR count). The maximum absolute atomic E-state index is 12.3. The van der Waals surface area contributed by atoms with Crippen molar-refractivity contribution in [2.45, 2.75) is 70.6 Å².